The summed E-state index contributed by atoms with van der Waals surface area (Å²) in [6, 6.07) is 5.97. The highest BCUT2D eigenvalue weighted by Crippen LogP contribution is 2.28. The van der Waals surface area contributed by atoms with E-state index in [0.29, 0.717) is 5.25 Å². The number of halogens is 1. The lowest BCUT2D eigenvalue weighted by Crippen LogP contribution is -2.12. The third kappa shape index (κ3) is 3.00. The summed E-state index contributed by atoms with van der Waals surface area (Å²) in [6.07, 6.45) is 2.12. The summed E-state index contributed by atoms with van der Waals surface area (Å²) < 4.78 is 7.46. The van der Waals surface area contributed by atoms with E-state index >= 15 is 0 Å². The molecule has 0 N–H and O–H groups in total. The van der Waals surface area contributed by atoms with Crippen LogP contribution in [0.2, 0.25) is 0 Å². The standard InChI is InChI=1S/C14H19ClN2OS/c1-9(19-4)8-17-13-6-5-11(18-3)7-12(13)16-14(17)10(2)15/h5-7,9-10H,8H2,1-4H3. The number of methoxy groups -OCH3 is 1. The maximum absolute atomic E-state index is 6.26. The van der Waals surface area contributed by atoms with E-state index in [4.69, 9.17) is 16.3 Å². The Morgan fingerprint density at radius 1 is 1.42 bits per heavy atom. The first kappa shape index (κ1) is 14.5. The Morgan fingerprint density at radius 2 is 2.16 bits per heavy atom. The summed E-state index contributed by atoms with van der Waals surface area (Å²) in [5, 5.41) is 0.418. The van der Waals surface area contributed by atoms with Crippen molar-refractivity contribution >= 4 is 34.4 Å². The molecule has 0 fully saturated rings. The Bertz CT molecular complexity index is 568. The summed E-state index contributed by atoms with van der Waals surface area (Å²) >= 11 is 8.10. The second-order valence-corrected chi connectivity index (χ2v) is 6.53. The van der Waals surface area contributed by atoms with Gasteiger partial charge in [-0.2, -0.15) is 11.8 Å². The number of alkyl halides is 1. The number of fused-ring (bicyclic) bond motifs is 1. The number of thioether (sulfide) groups is 1. The summed E-state index contributed by atoms with van der Waals surface area (Å²) in [7, 11) is 1.67. The van der Waals surface area contributed by atoms with Gasteiger partial charge in [0.2, 0.25) is 0 Å². The van der Waals surface area contributed by atoms with E-state index in [1.165, 1.54) is 0 Å². The summed E-state index contributed by atoms with van der Waals surface area (Å²) in [4.78, 5) is 4.65. The van der Waals surface area contributed by atoms with Crippen molar-refractivity contribution in [3.05, 3.63) is 24.0 Å². The van der Waals surface area contributed by atoms with Crippen LogP contribution in [0.15, 0.2) is 18.2 Å². The quantitative estimate of drug-likeness (QED) is 0.778. The lowest BCUT2D eigenvalue weighted by molar-refractivity contribution is 0.415. The van der Waals surface area contributed by atoms with Crippen LogP contribution in [-0.2, 0) is 6.54 Å². The summed E-state index contributed by atoms with van der Waals surface area (Å²) in [6.45, 7) is 5.08. The van der Waals surface area contributed by atoms with Crippen LogP contribution >= 0.6 is 23.4 Å². The predicted octanol–water partition coefficient (Wildman–Crippen LogP) is 4.10. The lowest BCUT2D eigenvalue weighted by Gasteiger charge is -2.14. The Labute approximate surface area is 123 Å². The van der Waals surface area contributed by atoms with Crippen LogP contribution in [0.5, 0.6) is 5.75 Å². The van der Waals surface area contributed by atoms with E-state index in [-0.39, 0.29) is 5.38 Å². The third-order valence-electron chi connectivity index (χ3n) is 3.18. The molecule has 5 heteroatoms. The normalized spacial score (nSPS) is 14.6. The molecular formula is C14H19ClN2OS. The molecule has 1 aromatic carbocycles. The van der Waals surface area contributed by atoms with Crippen molar-refractivity contribution in [1.82, 2.24) is 9.55 Å². The highest BCUT2D eigenvalue weighted by molar-refractivity contribution is 7.99. The summed E-state index contributed by atoms with van der Waals surface area (Å²) in [5.41, 5.74) is 2.05. The van der Waals surface area contributed by atoms with Gasteiger partial charge in [-0.25, -0.2) is 4.98 Å². The molecule has 0 saturated heterocycles. The number of nitrogens with zero attached hydrogens (tertiary/aromatic N) is 2. The van der Waals surface area contributed by atoms with Crippen molar-refractivity contribution in [2.24, 2.45) is 0 Å². The molecule has 2 aromatic rings. The van der Waals surface area contributed by atoms with Gasteiger partial charge < -0.3 is 9.30 Å². The van der Waals surface area contributed by atoms with E-state index < -0.39 is 0 Å². The average molecular weight is 299 g/mol. The number of hydrogen-bond donors (Lipinski definition) is 0. The molecule has 0 bridgehead atoms. The van der Waals surface area contributed by atoms with Crippen molar-refractivity contribution in [2.45, 2.75) is 31.0 Å². The van der Waals surface area contributed by atoms with E-state index in [1.807, 2.05) is 30.8 Å². The minimum atomic E-state index is -0.104. The molecule has 2 atom stereocenters. The van der Waals surface area contributed by atoms with Crippen molar-refractivity contribution in [2.75, 3.05) is 13.4 Å². The Hall–Kier alpha value is -0.870. The van der Waals surface area contributed by atoms with E-state index in [9.17, 15) is 0 Å². The predicted molar refractivity (Wildman–Crippen MR) is 83.5 cm³/mol. The zero-order valence-corrected chi connectivity index (χ0v) is 13.3. The van der Waals surface area contributed by atoms with Gasteiger partial charge in [-0.15, -0.1) is 11.6 Å². The van der Waals surface area contributed by atoms with Crippen LogP contribution in [0.25, 0.3) is 11.0 Å². The molecule has 3 nitrogen and oxygen atoms in total. The fraction of sp³-hybridized carbons (Fsp3) is 0.500. The molecule has 0 aliphatic carbocycles. The van der Waals surface area contributed by atoms with Crippen molar-refractivity contribution in [3.8, 4) is 5.75 Å². The Balaban J connectivity index is 2.54. The van der Waals surface area contributed by atoms with Gasteiger partial charge in [0.05, 0.1) is 23.5 Å². The lowest BCUT2D eigenvalue weighted by atomic mass is 10.3. The first-order chi connectivity index (χ1) is 9.06. The largest absolute Gasteiger partial charge is 0.497 e. The topological polar surface area (TPSA) is 27.1 Å². The molecule has 0 aliphatic rings. The molecule has 0 radical (unpaired) electrons. The number of aromatic nitrogens is 2. The van der Waals surface area contributed by atoms with Gasteiger partial charge in [0.25, 0.3) is 0 Å². The highest BCUT2D eigenvalue weighted by atomic mass is 35.5. The SMILES string of the molecule is COc1ccc2c(c1)nc(C(C)Cl)n2CC(C)SC. The number of ether oxygens (including phenoxy) is 1. The zero-order chi connectivity index (χ0) is 14.0. The van der Waals surface area contributed by atoms with Gasteiger partial charge in [0.1, 0.15) is 11.6 Å². The minimum Gasteiger partial charge on any atom is -0.497 e. The van der Waals surface area contributed by atoms with Crippen LogP contribution in [0.1, 0.15) is 25.0 Å². The number of benzene rings is 1. The molecule has 0 amide bonds. The molecule has 0 aliphatic heterocycles. The van der Waals surface area contributed by atoms with Crippen molar-refractivity contribution in [1.29, 1.82) is 0 Å². The second kappa shape index (κ2) is 6.06. The number of imidazole rings is 1. The number of rotatable bonds is 5. The molecule has 0 saturated carbocycles. The minimum absolute atomic E-state index is 0.104. The van der Waals surface area contributed by atoms with Crippen LogP contribution in [0.3, 0.4) is 0 Å². The number of hydrogen-bond acceptors (Lipinski definition) is 3. The highest BCUT2D eigenvalue weighted by Gasteiger charge is 2.16. The molecule has 0 spiro atoms. The van der Waals surface area contributed by atoms with Crippen LogP contribution in [0.4, 0.5) is 0 Å². The van der Waals surface area contributed by atoms with Crippen molar-refractivity contribution in [3.63, 3.8) is 0 Å². The molecular weight excluding hydrogens is 280 g/mol. The average Bonchev–Trinajstić information content (AvgIpc) is 2.76. The van der Waals surface area contributed by atoms with Gasteiger partial charge >= 0.3 is 0 Å². The van der Waals surface area contributed by atoms with Gasteiger partial charge in [-0.05, 0) is 25.3 Å². The van der Waals surface area contributed by atoms with E-state index in [0.717, 1.165) is 29.2 Å². The van der Waals surface area contributed by atoms with E-state index in [1.54, 1.807) is 7.11 Å². The van der Waals surface area contributed by atoms with Crippen LogP contribution in [-0.4, -0.2) is 28.2 Å². The Morgan fingerprint density at radius 3 is 2.74 bits per heavy atom. The molecule has 19 heavy (non-hydrogen) atoms. The molecule has 104 valence electrons. The maximum Gasteiger partial charge on any atom is 0.127 e. The fourth-order valence-corrected chi connectivity index (χ4v) is 2.55. The smallest absolute Gasteiger partial charge is 0.127 e. The van der Waals surface area contributed by atoms with Gasteiger partial charge in [-0.1, -0.05) is 6.92 Å². The third-order valence-corrected chi connectivity index (χ3v) is 4.33. The first-order valence-electron chi connectivity index (χ1n) is 6.27. The molecule has 2 unspecified atom stereocenters. The first-order valence-corrected chi connectivity index (χ1v) is 8.00. The fourth-order valence-electron chi connectivity index (χ4n) is 2.08. The monoisotopic (exact) mass is 298 g/mol. The maximum atomic E-state index is 6.26. The van der Waals surface area contributed by atoms with Crippen LogP contribution in [0, 0.1) is 0 Å². The second-order valence-electron chi connectivity index (χ2n) is 4.60. The van der Waals surface area contributed by atoms with Crippen LogP contribution < -0.4 is 4.74 Å². The molecule has 1 heterocycles. The molecule has 2 rings (SSSR count). The molecule has 1 aromatic heterocycles. The summed E-state index contributed by atoms with van der Waals surface area (Å²) in [5.74, 6) is 1.75. The van der Waals surface area contributed by atoms with Gasteiger partial charge in [-0.3, -0.25) is 0 Å². The van der Waals surface area contributed by atoms with Gasteiger partial charge in [0, 0.05) is 17.9 Å². The van der Waals surface area contributed by atoms with Crippen molar-refractivity contribution < 1.29 is 4.74 Å². The Kier molecular flexibility index (Phi) is 4.63. The van der Waals surface area contributed by atoms with Gasteiger partial charge in [0.15, 0.2) is 0 Å². The zero-order valence-electron chi connectivity index (χ0n) is 11.7. The van der Waals surface area contributed by atoms with E-state index in [2.05, 4.69) is 28.8 Å².